The van der Waals surface area contributed by atoms with Gasteiger partial charge in [0.2, 0.25) is 6.29 Å². The fourth-order valence-corrected chi connectivity index (χ4v) is 2.33. The second kappa shape index (κ2) is 15.4. The van der Waals surface area contributed by atoms with Gasteiger partial charge in [-0.3, -0.25) is 9.59 Å². The number of ketones is 1. The largest absolute Gasteiger partial charge is 0.299 e. The number of unbranched alkanes of at least 4 members (excludes halogenated alkanes) is 11. The van der Waals surface area contributed by atoms with Gasteiger partial charge in [-0.15, -0.1) is 0 Å². The van der Waals surface area contributed by atoms with Gasteiger partial charge in [-0.25, -0.2) is 0 Å². The zero-order chi connectivity index (χ0) is 14.2. The van der Waals surface area contributed by atoms with Crippen molar-refractivity contribution in [1.29, 1.82) is 0 Å². The van der Waals surface area contributed by atoms with Crippen molar-refractivity contribution in [2.24, 2.45) is 0 Å². The molecule has 0 amide bonds. The van der Waals surface area contributed by atoms with E-state index in [2.05, 4.69) is 6.92 Å². The normalized spacial score (nSPS) is 10.6. The average Bonchev–Trinajstić information content (AvgIpc) is 2.40. The number of rotatable bonds is 15. The number of carbonyl (C=O) groups excluding carboxylic acids is 2. The summed E-state index contributed by atoms with van der Waals surface area (Å²) in [5, 5.41) is 0. The Morgan fingerprint density at radius 2 is 1.16 bits per heavy atom. The van der Waals surface area contributed by atoms with Gasteiger partial charge in [0, 0.05) is 6.42 Å². The zero-order valence-electron chi connectivity index (χ0n) is 12.7. The van der Waals surface area contributed by atoms with Crippen molar-refractivity contribution in [3.63, 3.8) is 0 Å². The molecule has 19 heavy (non-hydrogen) atoms. The quantitative estimate of drug-likeness (QED) is 0.304. The highest BCUT2D eigenvalue weighted by Crippen LogP contribution is 2.12. The van der Waals surface area contributed by atoms with Crippen molar-refractivity contribution in [2.75, 3.05) is 0 Å². The minimum Gasteiger partial charge on any atom is -0.299 e. The summed E-state index contributed by atoms with van der Waals surface area (Å²) in [6, 6.07) is 0. The first-order valence-electron chi connectivity index (χ1n) is 8.18. The van der Waals surface area contributed by atoms with E-state index in [9.17, 15) is 9.59 Å². The lowest BCUT2D eigenvalue weighted by Crippen LogP contribution is -1.97. The summed E-state index contributed by atoms with van der Waals surface area (Å²) < 4.78 is 0. The van der Waals surface area contributed by atoms with Gasteiger partial charge >= 0.3 is 0 Å². The van der Waals surface area contributed by atoms with E-state index in [1.807, 2.05) is 0 Å². The van der Waals surface area contributed by atoms with Crippen molar-refractivity contribution in [3.8, 4) is 0 Å². The highest BCUT2D eigenvalue weighted by atomic mass is 16.1. The first-order valence-corrected chi connectivity index (χ1v) is 8.18. The fourth-order valence-electron chi connectivity index (χ4n) is 2.33. The predicted molar refractivity (Wildman–Crippen MR) is 81.0 cm³/mol. The number of carbonyl (C=O) groups is 1. The van der Waals surface area contributed by atoms with Crippen LogP contribution in [0.4, 0.5) is 0 Å². The summed E-state index contributed by atoms with van der Waals surface area (Å²) >= 11 is 0. The Labute approximate surface area is 119 Å². The highest BCUT2D eigenvalue weighted by molar-refractivity contribution is 5.89. The van der Waals surface area contributed by atoms with E-state index in [4.69, 9.17) is 0 Å². The molecule has 0 saturated heterocycles. The highest BCUT2D eigenvalue weighted by Gasteiger charge is 2.00. The molecule has 0 aliphatic rings. The molecule has 0 atom stereocenters. The summed E-state index contributed by atoms with van der Waals surface area (Å²) in [5.41, 5.74) is 0. The summed E-state index contributed by atoms with van der Waals surface area (Å²) in [4.78, 5) is 21.1. The molecule has 0 spiro atoms. The molecular formula is C17H31O2. The Bertz CT molecular complexity index is 211. The molecule has 2 heteroatoms. The van der Waals surface area contributed by atoms with E-state index in [-0.39, 0.29) is 12.2 Å². The molecule has 1 radical (unpaired) electrons. The van der Waals surface area contributed by atoms with Crippen LogP contribution in [0.15, 0.2) is 0 Å². The third-order valence-corrected chi connectivity index (χ3v) is 3.58. The van der Waals surface area contributed by atoms with E-state index < -0.39 is 0 Å². The maximum absolute atomic E-state index is 11.1. The molecule has 0 aromatic rings. The maximum Gasteiger partial charge on any atom is 0.206 e. The van der Waals surface area contributed by atoms with Gasteiger partial charge in [-0.1, -0.05) is 77.6 Å². The van der Waals surface area contributed by atoms with E-state index >= 15 is 0 Å². The lowest BCUT2D eigenvalue weighted by Gasteiger charge is -2.02. The second-order valence-corrected chi connectivity index (χ2v) is 5.50. The summed E-state index contributed by atoms with van der Waals surface area (Å²) in [5.74, 6) is 0.0436. The Hall–Kier alpha value is -0.660. The summed E-state index contributed by atoms with van der Waals surface area (Å²) in [6.07, 6.45) is 17.8. The minimum atomic E-state index is -0.0158. The van der Waals surface area contributed by atoms with Gasteiger partial charge in [0.15, 0.2) is 0 Å². The number of hydrogen-bond donors (Lipinski definition) is 0. The van der Waals surface area contributed by atoms with Crippen LogP contribution >= 0.6 is 0 Å². The summed E-state index contributed by atoms with van der Waals surface area (Å²) in [6.45, 7) is 2.25. The fraction of sp³-hybridized carbons (Fsp3) is 0.882. The molecule has 0 aromatic heterocycles. The van der Waals surface area contributed by atoms with Crippen LogP contribution in [0.3, 0.4) is 0 Å². The van der Waals surface area contributed by atoms with Gasteiger partial charge in [0.05, 0.1) is 6.42 Å². The van der Waals surface area contributed by atoms with Crippen LogP contribution < -0.4 is 0 Å². The molecule has 0 bridgehead atoms. The number of hydrogen-bond acceptors (Lipinski definition) is 2. The van der Waals surface area contributed by atoms with Crippen molar-refractivity contribution in [2.45, 2.75) is 96.8 Å². The van der Waals surface area contributed by atoms with Crippen LogP contribution in [0, 0.1) is 0 Å². The van der Waals surface area contributed by atoms with E-state index in [1.165, 1.54) is 64.2 Å². The maximum atomic E-state index is 11.1. The van der Waals surface area contributed by atoms with Crippen LogP contribution in [0.1, 0.15) is 96.8 Å². The van der Waals surface area contributed by atoms with Gasteiger partial charge in [0.1, 0.15) is 5.78 Å². The molecule has 0 saturated carbocycles. The van der Waals surface area contributed by atoms with Gasteiger partial charge in [0.25, 0.3) is 0 Å². The molecule has 0 fully saturated rings. The van der Waals surface area contributed by atoms with Crippen molar-refractivity contribution in [3.05, 3.63) is 0 Å². The topological polar surface area (TPSA) is 34.1 Å². The molecule has 0 N–H and O–H groups in total. The van der Waals surface area contributed by atoms with Crippen molar-refractivity contribution in [1.82, 2.24) is 0 Å². The molecule has 0 aromatic carbocycles. The molecule has 0 aliphatic heterocycles. The predicted octanol–water partition coefficient (Wildman–Crippen LogP) is 5.15. The van der Waals surface area contributed by atoms with Gasteiger partial charge in [-0.05, 0) is 6.42 Å². The van der Waals surface area contributed by atoms with Gasteiger partial charge < -0.3 is 0 Å². The molecule has 0 rings (SSSR count). The molecule has 2 nitrogen and oxygen atoms in total. The first-order chi connectivity index (χ1) is 9.31. The van der Waals surface area contributed by atoms with Crippen LogP contribution in [0.5, 0.6) is 0 Å². The molecule has 0 heterocycles. The van der Waals surface area contributed by atoms with Crippen molar-refractivity contribution < 1.29 is 9.59 Å². The average molecular weight is 267 g/mol. The van der Waals surface area contributed by atoms with Crippen LogP contribution in [0.2, 0.25) is 0 Å². The standard InChI is InChI=1S/C17H31O2/c1-2-3-4-5-6-7-8-9-10-11-12-13-14-17(19)15-16-18/h2-15H2,1H3. The van der Waals surface area contributed by atoms with E-state index in [0.29, 0.717) is 6.42 Å². The van der Waals surface area contributed by atoms with Crippen LogP contribution in [-0.2, 0) is 9.59 Å². The Balaban J connectivity index is 3.02. The summed E-state index contributed by atoms with van der Waals surface area (Å²) in [7, 11) is 0. The lowest BCUT2D eigenvalue weighted by molar-refractivity contribution is -0.118. The molecule has 111 valence electrons. The molecule has 0 unspecified atom stereocenters. The molecular weight excluding hydrogens is 236 g/mol. The minimum absolute atomic E-state index is 0.0158. The van der Waals surface area contributed by atoms with Gasteiger partial charge in [-0.2, -0.15) is 0 Å². The lowest BCUT2D eigenvalue weighted by atomic mass is 10.0. The Morgan fingerprint density at radius 3 is 1.58 bits per heavy atom. The zero-order valence-corrected chi connectivity index (χ0v) is 12.7. The SMILES string of the molecule is CCCCCCCCCCCCCCC(=O)C[C]=O. The Kier molecular flexibility index (Phi) is 14.9. The van der Waals surface area contributed by atoms with Crippen LogP contribution in [0.25, 0.3) is 0 Å². The monoisotopic (exact) mass is 267 g/mol. The number of Topliss-reactive ketones (excluding diaryl/α,β-unsaturated/α-hetero) is 1. The third-order valence-electron chi connectivity index (χ3n) is 3.58. The Morgan fingerprint density at radius 1 is 0.737 bits per heavy atom. The molecule has 0 aliphatic carbocycles. The van der Waals surface area contributed by atoms with Crippen molar-refractivity contribution >= 4 is 12.1 Å². The smallest absolute Gasteiger partial charge is 0.206 e. The second-order valence-electron chi connectivity index (χ2n) is 5.50. The first kappa shape index (κ1) is 18.3. The third kappa shape index (κ3) is 15.3. The van der Waals surface area contributed by atoms with E-state index in [0.717, 1.165) is 12.8 Å². The van der Waals surface area contributed by atoms with E-state index in [1.54, 1.807) is 6.29 Å². The van der Waals surface area contributed by atoms with Crippen LogP contribution in [-0.4, -0.2) is 12.1 Å².